The summed E-state index contributed by atoms with van der Waals surface area (Å²) in [4.78, 5) is 12.1. The molecule has 140 valence electrons. The molecule has 1 aromatic rings. The largest absolute Gasteiger partial charge is 0.392 e. The molecule has 5 heteroatoms. The van der Waals surface area contributed by atoms with Gasteiger partial charge in [-0.25, -0.2) is 4.79 Å². The first-order chi connectivity index (χ1) is 11.8. The third-order valence-electron chi connectivity index (χ3n) is 4.64. The quantitative estimate of drug-likeness (QED) is 0.636. The van der Waals surface area contributed by atoms with Crippen LogP contribution in [0, 0.1) is 17.3 Å². The molecule has 1 fully saturated rings. The van der Waals surface area contributed by atoms with Crippen LogP contribution in [0.25, 0.3) is 0 Å². The van der Waals surface area contributed by atoms with Crippen LogP contribution in [0.1, 0.15) is 46.1 Å². The Morgan fingerprint density at radius 1 is 1.36 bits per heavy atom. The van der Waals surface area contributed by atoms with Gasteiger partial charge in [-0.05, 0) is 42.4 Å². The summed E-state index contributed by atoms with van der Waals surface area (Å²) in [5.41, 5.74) is 1.41. The monoisotopic (exact) mass is 348 g/mol. The first kappa shape index (κ1) is 19.7. The van der Waals surface area contributed by atoms with Crippen molar-refractivity contribution in [1.29, 1.82) is 0 Å². The summed E-state index contributed by atoms with van der Waals surface area (Å²) >= 11 is 0. The number of anilines is 1. The average Bonchev–Trinajstić information content (AvgIpc) is 3.37. The molecule has 0 bridgehead atoms. The van der Waals surface area contributed by atoms with E-state index in [2.05, 4.69) is 10.6 Å². The molecule has 0 spiro atoms. The Morgan fingerprint density at radius 2 is 2.08 bits per heavy atom. The van der Waals surface area contributed by atoms with E-state index in [1.807, 2.05) is 52.0 Å². The first-order valence-electron chi connectivity index (χ1n) is 9.17. The standard InChI is InChI=1S/C20H32N2O3/c1-14(2)18(23)20(3,4)13-21-19(24)22-17-7-5-6-16(10-17)12-25-11-15-8-9-15/h5-7,10,14-15,18,23H,8-9,11-13H2,1-4H3,(H2,21,22,24). The summed E-state index contributed by atoms with van der Waals surface area (Å²) < 4.78 is 5.69. The number of aliphatic hydroxyl groups is 1. The van der Waals surface area contributed by atoms with Crippen molar-refractivity contribution < 1.29 is 14.6 Å². The Balaban J connectivity index is 1.79. The topological polar surface area (TPSA) is 70.6 Å². The second-order valence-corrected chi connectivity index (χ2v) is 8.14. The number of urea groups is 1. The minimum atomic E-state index is -0.472. The molecule has 1 aliphatic rings. The molecule has 1 aromatic carbocycles. The van der Waals surface area contributed by atoms with Crippen molar-refractivity contribution in [3.8, 4) is 0 Å². The van der Waals surface area contributed by atoms with Crippen molar-refractivity contribution in [3.05, 3.63) is 29.8 Å². The molecule has 2 rings (SSSR count). The van der Waals surface area contributed by atoms with Gasteiger partial charge < -0.3 is 20.5 Å². The van der Waals surface area contributed by atoms with Gasteiger partial charge in [-0.2, -0.15) is 0 Å². The molecular formula is C20H32N2O3. The minimum absolute atomic E-state index is 0.146. The van der Waals surface area contributed by atoms with Crippen molar-refractivity contribution in [3.63, 3.8) is 0 Å². The van der Waals surface area contributed by atoms with E-state index in [9.17, 15) is 9.90 Å². The Morgan fingerprint density at radius 3 is 2.72 bits per heavy atom. The molecule has 1 saturated carbocycles. The summed E-state index contributed by atoms with van der Waals surface area (Å²) in [6, 6.07) is 7.44. The maximum Gasteiger partial charge on any atom is 0.319 e. The van der Waals surface area contributed by atoms with E-state index in [0.717, 1.165) is 23.8 Å². The van der Waals surface area contributed by atoms with E-state index in [4.69, 9.17) is 4.74 Å². The van der Waals surface area contributed by atoms with Crippen molar-refractivity contribution in [2.45, 2.75) is 53.2 Å². The SMILES string of the molecule is CC(C)C(O)C(C)(C)CNC(=O)Nc1cccc(COCC2CC2)c1. The maximum absolute atomic E-state index is 12.1. The van der Waals surface area contributed by atoms with Crippen LogP contribution in [0.5, 0.6) is 0 Å². The van der Waals surface area contributed by atoms with Gasteiger partial charge >= 0.3 is 6.03 Å². The molecule has 3 N–H and O–H groups in total. The van der Waals surface area contributed by atoms with Crippen molar-refractivity contribution in [2.75, 3.05) is 18.5 Å². The summed E-state index contributed by atoms with van der Waals surface area (Å²) in [7, 11) is 0. The number of nitrogens with one attached hydrogen (secondary N) is 2. The number of amides is 2. The predicted molar refractivity (Wildman–Crippen MR) is 100 cm³/mol. The van der Waals surface area contributed by atoms with Gasteiger partial charge in [0.05, 0.1) is 12.7 Å². The van der Waals surface area contributed by atoms with Gasteiger partial charge in [0.15, 0.2) is 0 Å². The second-order valence-electron chi connectivity index (χ2n) is 8.14. The molecule has 0 radical (unpaired) electrons. The summed E-state index contributed by atoms with van der Waals surface area (Å²) in [5, 5.41) is 15.9. The molecule has 0 aromatic heterocycles. The minimum Gasteiger partial charge on any atom is -0.392 e. The summed E-state index contributed by atoms with van der Waals surface area (Å²) in [6.45, 7) is 9.66. The molecule has 1 unspecified atom stereocenters. The highest BCUT2D eigenvalue weighted by atomic mass is 16.5. The highest BCUT2D eigenvalue weighted by Gasteiger charge is 2.30. The number of aliphatic hydroxyl groups excluding tert-OH is 1. The van der Waals surface area contributed by atoms with Crippen LogP contribution in [0.2, 0.25) is 0 Å². The molecular weight excluding hydrogens is 316 g/mol. The van der Waals surface area contributed by atoms with Gasteiger partial charge in [-0.1, -0.05) is 39.8 Å². The number of ether oxygens (including phenoxy) is 1. The van der Waals surface area contributed by atoms with Crippen molar-refractivity contribution >= 4 is 11.7 Å². The predicted octanol–water partition coefficient (Wildman–Crippen LogP) is 3.78. The van der Waals surface area contributed by atoms with Crippen molar-refractivity contribution in [1.82, 2.24) is 5.32 Å². The third-order valence-corrected chi connectivity index (χ3v) is 4.64. The lowest BCUT2D eigenvalue weighted by atomic mass is 9.81. The van der Waals surface area contributed by atoms with E-state index >= 15 is 0 Å². The lowest BCUT2D eigenvalue weighted by molar-refractivity contribution is 0.0154. The molecule has 0 heterocycles. The normalized spacial score (nSPS) is 15.9. The lowest BCUT2D eigenvalue weighted by Gasteiger charge is -2.33. The fraction of sp³-hybridized carbons (Fsp3) is 0.650. The number of carbonyl (C=O) groups is 1. The average molecular weight is 348 g/mol. The molecule has 1 atom stereocenters. The Hall–Kier alpha value is -1.59. The Kier molecular flexibility index (Phi) is 6.85. The van der Waals surface area contributed by atoms with Crippen molar-refractivity contribution in [2.24, 2.45) is 17.3 Å². The summed E-state index contributed by atoms with van der Waals surface area (Å²) in [6.07, 6.45) is 2.09. The zero-order valence-corrected chi connectivity index (χ0v) is 15.8. The molecule has 1 aliphatic carbocycles. The Bertz CT molecular complexity index is 568. The molecule has 25 heavy (non-hydrogen) atoms. The van der Waals surface area contributed by atoms with E-state index in [0.29, 0.717) is 13.2 Å². The molecule has 0 aliphatic heterocycles. The van der Waals surface area contributed by atoms with Crippen LogP contribution in [0.3, 0.4) is 0 Å². The highest BCUT2D eigenvalue weighted by molar-refractivity contribution is 5.89. The molecule has 5 nitrogen and oxygen atoms in total. The maximum atomic E-state index is 12.1. The zero-order chi connectivity index (χ0) is 18.4. The number of benzene rings is 1. The van der Waals surface area contributed by atoms with Gasteiger partial charge in [0.1, 0.15) is 0 Å². The summed E-state index contributed by atoms with van der Waals surface area (Å²) in [5.74, 6) is 0.892. The van der Waals surface area contributed by atoms with E-state index in [1.54, 1.807) is 0 Å². The van der Waals surface area contributed by atoms with Gasteiger partial charge in [0, 0.05) is 24.3 Å². The fourth-order valence-corrected chi connectivity index (χ4v) is 2.86. The molecule has 2 amide bonds. The lowest BCUT2D eigenvalue weighted by Crippen LogP contribution is -2.44. The smallest absolute Gasteiger partial charge is 0.319 e. The number of hydrogen-bond acceptors (Lipinski definition) is 3. The number of carbonyl (C=O) groups excluding carboxylic acids is 1. The fourth-order valence-electron chi connectivity index (χ4n) is 2.86. The first-order valence-corrected chi connectivity index (χ1v) is 9.17. The number of hydrogen-bond donors (Lipinski definition) is 3. The van der Waals surface area contributed by atoms with Gasteiger partial charge in [-0.3, -0.25) is 0 Å². The van der Waals surface area contributed by atoms with Gasteiger partial charge in [0.2, 0.25) is 0 Å². The Labute approximate surface area is 151 Å². The zero-order valence-electron chi connectivity index (χ0n) is 15.8. The van der Waals surface area contributed by atoms with E-state index in [1.165, 1.54) is 12.8 Å². The third kappa shape index (κ3) is 6.67. The van der Waals surface area contributed by atoms with Crippen LogP contribution in [0.4, 0.5) is 10.5 Å². The van der Waals surface area contributed by atoms with Crippen LogP contribution in [-0.4, -0.2) is 30.4 Å². The number of rotatable bonds is 9. The van der Waals surface area contributed by atoms with Crippen LogP contribution in [-0.2, 0) is 11.3 Å². The molecule has 0 saturated heterocycles. The van der Waals surface area contributed by atoms with Gasteiger partial charge in [0.25, 0.3) is 0 Å². The highest BCUT2D eigenvalue weighted by Crippen LogP contribution is 2.29. The van der Waals surface area contributed by atoms with E-state index < -0.39 is 6.10 Å². The second kappa shape index (κ2) is 8.68. The van der Waals surface area contributed by atoms with Gasteiger partial charge in [-0.15, -0.1) is 0 Å². The van der Waals surface area contributed by atoms with E-state index in [-0.39, 0.29) is 17.4 Å². The van der Waals surface area contributed by atoms with Crippen LogP contribution < -0.4 is 10.6 Å². The van der Waals surface area contributed by atoms with Crippen LogP contribution in [0.15, 0.2) is 24.3 Å². The van der Waals surface area contributed by atoms with Crippen LogP contribution >= 0.6 is 0 Å².